The third-order valence-electron chi connectivity index (χ3n) is 3.65. The van der Waals surface area contributed by atoms with Crippen LogP contribution in [0.3, 0.4) is 0 Å². The summed E-state index contributed by atoms with van der Waals surface area (Å²) < 4.78 is 5.29. The van der Waals surface area contributed by atoms with Gasteiger partial charge in [-0.1, -0.05) is 13.3 Å². The quantitative estimate of drug-likeness (QED) is 0.920. The fraction of sp³-hybridized carbons (Fsp3) is 0.467. The van der Waals surface area contributed by atoms with Crippen molar-refractivity contribution in [2.24, 2.45) is 0 Å². The molecule has 112 valence electrons. The van der Waals surface area contributed by atoms with Crippen LogP contribution in [0.5, 0.6) is 0 Å². The SMILES string of the molecule is CCCC1(O)CN(C(=O)Cc2csc(-c3ccco3)n2)C1. The van der Waals surface area contributed by atoms with Crippen LogP contribution in [0.4, 0.5) is 0 Å². The highest BCUT2D eigenvalue weighted by molar-refractivity contribution is 7.13. The zero-order valence-corrected chi connectivity index (χ0v) is 12.7. The average molecular weight is 306 g/mol. The summed E-state index contributed by atoms with van der Waals surface area (Å²) in [6.07, 6.45) is 3.56. The highest BCUT2D eigenvalue weighted by Gasteiger charge is 2.42. The molecule has 1 N–H and O–H groups in total. The molecule has 0 bridgehead atoms. The number of carbonyl (C=O) groups is 1. The minimum absolute atomic E-state index is 0.0204. The van der Waals surface area contributed by atoms with Crippen LogP contribution < -0.4 is 0 Å². The predicted molar refractivity (Wildman–Crippen MR) is 80.0 cm³/mol. The Hall–Kier alpha value is -1.66. The molecule has 1 aliphatic rings. The van der Waals surface area contributed by atoms with Gasteiger partial charge in [-0.05, 0) is 18.6 Å². The zero-order valence-electron chi connectivity index (χ0n) is 11.9. The molecule has 0 unspecified atom stereocenters. The van der Waals surface area contributed by atoms with Crippen LogP contribution in [0.15, 0.2) is 28.2 Å². The molecular weight excluding hydrogens is 288 g/mol. The fourth-order valence-corrected chi connectivity index (χ4v) is 3.42. The first-order valence-electron chi connectivity index (χ1n) is 7.08. The van der Waals surface area contributed by atoms with Crippen molar-refractivity contribution in [3.63, 3.8) is 0 Å². The first-order valence-corrected chi connectivity index (χ1v) is 7.96. The molecule has 0 atom stereocenters. The lowest BCUT2D eigenvalue weighted by Gasteiger charge is -2.46. The van der Waals surface area contributed by atoms with Gasteiger partial charge in [0, 0.05) is 5.38 Å². The average Bonchev–Trinajstić information content (AvgIpc) is 3.05. The van der Waals surface area contributed by atoms with Gasteiger partial charge in [-0.3, -0.25) is 4.79 Å². The Bertz CT molecular complexity index is 615. The summed E-state index contributed by atoms with van der Waals surface area (Å²) in [6, 6.07) is 3.67. The Kier molecular flexibility index (Phi) is 3.82. The van der Waals surface area contributed by atoms with Crippen molar-refractivity contribution in [1.29, 1.82) is 0 Å². The van der Waals surface area contributed by atoms with Crippen molar-refractivity contribution in [1.82, 2.24) is 9.88 Å². The number of hydrogen-bond donors (Lipinski definition) is 1. The maximum absolute atomic E-state index is 12.1. The van der Waals surface area contributed by atoms with E-state index < -0.39 is 5.60 Å². The topological polar surface area (TPSA) is 66.6 Å². The summed E-state index contributed by atoms with van der Waals surface area (Å²) >= 11 is 1.47. The first kappa shape index (κ1) is 14.3. The van der Waals surface area contributed by atoms with E-state index in [0.29, 0.717) is 13.1 Å². The summed E-state index contributed by atoms with van der Waals surface area (Å²) in [4.78, 5) is 18.3. The zero-order chi connectivity index (χ0) is 14.9. The summed E-state index contributed by atoms with van der Waals surface area (Å²) in [5.74, 6) is 0.743. The van der Waals surface area contributed by atoms with Gasteiger partial charge in [0.25, 0.3) is 0 Å². The Labute approximate surface area is 127 Å². The molecule has 0 aromatic carbocycles. The van der Waals surface area contributed by atoms with Gasteiger partial charge in [0.2, 0.25) is 5.91 Å². The molecule has 1 aliphatic heterocycles. The fourth-order valence-electron chi connectivity index (χ4n) is 2.63. The largest absolute Gasteiger partial charge is 0.462 e. The number of rotatable bonds is 5. The maximum Gasteiger partial charge on any atom is 0.228 e. The van der Waals surface area contributed by atoms with Gasteiger partial charge >= 0.3 is 0 Å². The monoisotopic (exact) mass is 306 g/mol. The smallest absolute Gasteiger partial charge is 0.228 e. The molecule has 21 heavy (non-hydrogen) atoms. The van der Waals surface area contributed by atoms with Crippen molar-refractivity contribution < 1.29 is 14.3 Å². The van der Waals surface area contributed by atoms with Crippen LogP contribution in [-0.4, -0.2) is 39.6 Å². The molecule has 6 heteroatoms. The van der Waals surface area contributed by atoms with Crippen molar-refractivity contribution in [3.8, 4) is 10.8 Å². The number of hydrogen-bond acceptors (Lipinski definition) is 5. The molecule has 1 amide bonds. The van der Waals surface area contributed by atoms with Gasteiger partial charge in [0.05, 0.1) is 37.1 Å². The highest BCUT2D eigenvalue weighted by Crippen LogP contribution is 2.27. The lowest BCUT2D eigenvalue weighted by molar-refractivity contribution is -0.155. The van der Waals surface area contributed by atoms with Gasteiger partial charge in [0.1, 0.15) is 0 Å². The molecule has 1 fully saturated rings. The normalized spacial score (nSPS) is 16.8. The van der Waals surface area contributed by atoms with E-state index in [4.69, 9.17) is 4.42 Å². The summed E-state index contributed by atoms with van der Waals surface area (Å²) in [5.41, 5.74) is 0.0774. The van der Waals surface area contributed by atoms with Crippen molar-refractivity contribution in [3.05, 3.63) is 29.5 Å². The second-order valence-electron chi connectivity index (χ2n) is 5.52. The maximum atomic E-state index is 12.1. The Morgan fingerprint density at radius 3 is 3.05 bits per heavy atom. The Morgan fingerprint density at radius 2 is 2.38 bits per heavy atom. The number of likely N-dealkylation sites (tertiary alicyclic amines) is 1. The molecule has 1 saturated heterocycles. The van der Waals surface area contributed by atoms with Crippen LogP contribution in [0, 0.1) is 0 Å². The number of carbonyl (C=O) groups excluding carboxylic acids is 1. The van der Waals surface area contributed by atoms with E-state index in [9.17, 15) is 9.90 Å². The summed E-state index contributed by atoms with van der Waals surface area (Å²) in [6.45, 7) is 2.91. The molecule has 0 aliphatic carbocycles. The number of aliphatic hydroxyl groups is 1. The number of aromatic nitrogens is 1. The van der Waals surface area contributed by atoms with E-state index in [1.807, 2.05) is 24.4 Å². The van der Waals surface area contributed by atoms with E-state index in [1.165, 1.54) is 11.3 Å². The molecule has 0 saturated carbocycles. The van der Waals surface area contributed by atoms with Crippen molar-refractivity contribution in [2.45, 2.75) is 31.8 Å². The van der Waals surface area contributed by atoms with Crippen LogP contribution in [0.25, 0.3) is 10.8 Å². The lowest BCUT2D eigenvalue weighted by Crippen LogP contribution is -2.63. The Balaban J connectivity index is 1.57. The summed E-state index contributed by atoms with van der Waals surface area (Å²) in [5, 5.41) is 12.8. The van der Waals surface area contributed by atoms with E-state index >= 15 is 0 Å². The van der Waals surface area contributed by atoms with Crippen molar-refractivity contribution in [2.75, 3.05) is 13.1 Å². The molecule has 0 spiro atoms. The first-order chi connectivity index (χ1) is 10.1. The molecular formula is C15H18N2O3S. The van der Waals surface area contributed by atoms with Gasteiger partial charge in [0.15, 0.2) is 10.8 Å². The molecule has 3 heterocycles. The van der Waals surface area contributed by atoms with Crippen LogP contribution in [0.1, 0.15) is 25.5 Å². The second-order valence-corrected chi connectivity index (χ2v) is 6.38. The predicted octanol–water partition coefficient (Wildman–Crippen LogP) is 2.32. The highest BCUT2D eigenvalue weighted by atomic mass is 32.1. The Morgan fingerprint density at radius 1 is 1.57 bits per heavy atom. The van der Waals surface area contributed by atoms with E-state index in [-0.39, 0.29) is 12.3 Å². The molecule has 0 radical (unpaired) electrons. The number of nitrogens with zero attached hydrogens (tertiary/aromatic N) is 2. The summed E-state index contributed by atoms with van der Waals surface area (Å²) in [7, 11) is 0. The van der Waals surface area contributed by atoms with E-state index in [2.05, 4.69) is 4.98 Å². The number of β-amino-alcohol motifs (C(OH)–C–C–N with tert-alkyl or cyclic N) is 1. The number of furan rings is 1. The minimum atomic E-state index is -0.675. The number of thiazole rings is 1. The molecule has 3 rings (SSSR count). The van der Waals surface area contributed by atoms with Gasteiger partial charge in [-0.15, -0.1) is 11.3 Å². The standard InChI is InChI=1S/C15H18N2O3S/c1-2-5-15(19)9-17(10-15)13(18)7-11-8-21-14(16-11)12-4-3-6-20-12/h3-4,6,8,19H,2,5,7,9-10H2,1H3. The minimum Gasteiger partial charge on any atom is -0.462 e. The van der Waals surface area contributed by atoms with Gasteiger partial charge < -0.3 is 14.4 Å². The third kappa shape index (κ3) is 3.01. The van der Waals surface area contributed by atoms with Gasteiger partial charge in [-0.25, -0.2) is 4.98 Å². The number of amides is 1. The van der Waals surface area contributed by atoms with Crippen molar-refractivity contribution >= 4 is 17.2 Å². The van der Waals surface area contributed by atoms with Crippen LogP contribution in [0.2, 0.25) is 0 Å². The van der Waals surface area contributed by atoms with E-state index in [1.54, 1.807) is 11.2 Å². The lowest BCUT2D eigenvalue weighted by atomic mass is 9.89. The van der Waals surface area contributed by atoms with E-state index in [0.717, 1.165) is 29.3 Å². The van der Waals surface area contributed by atoms with Gasteiger partial charge in [-0.2, -0.15) is 0 Å². The molecule has 5 nitrogen and oxygen atoms in total. The molecule has 2 aromatic rings. The third-order valence-corrected chi connectivity index (χ3v) is 4.56. The van der Waals surface area contributed by atoms with Crippen LogP contribution >= 0.6 is 11.3 Å². The molecule has 2 aromatic heterocycles. The van der Waals surface area contributed by atoms with Crippen LogP contribution in [-0.2, 0) is 11.2 Å². The second kappa shape index (κ2) is 5.61.